The Balaban J connectivity index is 1.29. The van der Waals surface area contributed by atoms with Crippen LogP contribution >= 0.6 is 0 Å². The van der Waals surface area contributed by atoms with E-state index in [0.29, 0.717) is 12.8 Å². The molecule has 28 heteroatoms. The van der Waals surface area contributed by atoms with Crippen molar-refractivity contribution in [3.63, 3.8) is 0 Å². The maximum absolute atomic E-state index is 15.0. The van der Waals surface area contributed by atoms with E-state index in [0.717, 1.165) is 15.9 Å². The summed E-state index contributed by atoms with van der Waals surface area (Å²) in [5, 5.41) is 10.6. The number of aromatic nitrogens is 1. The Morgan fingerprint density at radius 3 is 1.47 bits per heavy atom. The van der Waals surface area contributed by atoms with Crippen molar-refractivity contribution in [2.24, 2.45) is 23.7 Å². The number of ether oxygens (including phenoxy) is 2. The minimum absolute atomic E-state index is 0.130. The number of nitrogens with two attached hydrogens (primary N) is 1. The summed E-state index contributed by atoms with van der Waals surface area (Å²) in [6.45, 7) is 15.4. The standard InChI is InChI=1S/C60H82N12O16/c1-27(2)43-57(82)71-22-16-19-34(71)55(80)67(11)25-39(74)69(13)49(29(5)6)59(84)86-31(9)45(53(78)63-43)65-51(76)33-18-15-21-37-47(33)62-48-38(88-37)24-36(73)42(61)41(48)52(77)66-46-32(10)87-60(85)50(30(7)8)70(14)40(75)26-68(12)56(81)35-20-17-23-72(35)58(83)44(28(3)4)64-54(46)79/h15,18,21,24,27-32,34-35,43-46,49-50H,16-17,19-20,22-23,25-26,61H2,1-14H3,(H,63,78)(H,64,79)(H,65,76)(H,66,77)/t31-,32+,34?,35?,43?,44?,45-,46+,49?,50?/m0/s1. The van der Waals surface area contributed by atoms with Gasteiger partial charge in [-0.1, -0.05) is 61.5 Å². The van der Waals surface area contributed by atoms with Gasteiger partial charge in [-0.3, -0.25) is 52.7 Å². The number of benzene rings is 2. The Labute approximate surface area is 509 Å². The number of carbonyl (C=O) groups is 12. The van der Waals surface area contributed by atoms with Crippen LogP contribution in [0.15, 0.2) is 33.5 Å². The van der Waals surface area contributed by atoms with E-state index in [9.17, 15) is 57.5 Å². The van der Waals surface area contributed by atoms with Crippen molar-refractivity contribution in [2.45, 2.75) is 155 Å². The van der Waals surface area contributed by atoms with Crippen LogP contribution in [0.5, 0.6) is 0 Å². The van der Waals surface area contributed by atoms with Crippen molar-refractivity contribution < 1.29 is 71.4 Å². The van der Waals surface area contributed by atoms with Gasteiger partial charge in [-0.25, -0.2) is 14.6 Å². The monoisotopic (exact) mass is 1230 g/mol. The van der Waals surface area contributed by atoms with Crippen LogP contribution in [0.2, 0.25) is 0 Å². The molecule has 0 bridgehead atoms. The van der Waals surface area contributed by atoms with Gasteiger partial charge in [0.2, 0.25) is 52.7 Å². The lowest BCUT2D eigenvalue weighted by Crippen LogP contribution is -2.61. The molecule has 6 unspecified atom stereocenters. The van der Waals surface area contributed by atoms with E-state index < -0.39 is 191 Å². The Kier molecular flexibility index (Phi) is 20.6. The first-order valence-corrected chi connectivity index (χ1v) is 29.7. The van der Waals surface area contributed by atoms with E-state index in [1.54, 1.807) is 55.4 Å². The van der Waals surface area contributed by atoms with E-state index in [2.05, 4.69) is 26.3 Å². The number of para-hydroxylation sites is 1. The highest BCUT2D eigenvalue weighted by molar-refractivity contribution is 6.10. The van der Waals surface area contributed by atoms with Crippen molar-refractivity contribution in [3.8, 4) is 11.5 Å². The van der Waals surface area contributed by atoms with E-state index in [1.807, 2.05) is 0 Å². The van der Waals surface area contributed by atoms with Gasteiger partial charge in [0, 0.05) is 47.3 Å². The van der Waals surface area contributed by atoms with Crippen LogP contribution in [0.3, 0.4) is 0 Å². The minimum Gasteiger partial charge on any atom is -0.458 e. The number of carbonyl (C=O) groups excluding carboxylic acids is 12. The Hall–Kier alpha value is -8.72. The Morgan fingerprint density at radius 2 is 1.05 bits per heavy atom. The highest BCUT2D eigenvalue weighted by Crippen LogP contribution is 2.32. The number of amides is 10. The summed E-state index contributed by atoms with van der Waals surface area (Å²) in [5.74, 6) is -12.4. The summed E-state index contributed by atoms with van der Waals surface area (Å²) in [6, 6.07) is -5.67. The molecular weight excluding hydrogens is 1140 g/mol. The molecule has 5 heterocycles. The lowest BCUT2D eigenvalue weighted by molar-refractivity contribution is -0.163. The zero-order chi connectivity index (χ0) is 65.2. The Morgan fingerprint density at radius 1 is 0.614 bits per heavy atom. The summed E-state index contributed by atoms with van der Waals surface area (Å²) in [4.78, 5) is 198. The first kappa shape index (κ1) is 66.8. The third kappa shape index (κ3) is 13.7. The van der Waals surface area contributed by atoms with Gasteiger partial charge >= 0.3 is 11.9 Å². The van der Waals surface area contributed by atoms with Gasteiger partial charge in [0.05, 0.1) is 29.9 Å². The van der Waals surface area contributed by atoms with Gasteiger partial charge in [0.1, 0.15) is 71.8 Å². The molecule has 0 aromatic heterocycles. The number of nitrogens with zero attached hydrogens (tertiary/aromatic N) is 7. The smallest absolute Gasteiger partial charge is 0.329 e. The normalized spacial score (nSPS) is 26.5. The van der Waals surface area contributed by atoms with E-state index in [4.69, 9.17) is 19.6 Å². The number of likely N-dealkylation sites (N-methyl/N-ethyl adjacent to an activating group) is 4. The molecule has 6 aliphatic rings. The van der Waals surface area contributed by atoms with Gasteiger partial charge in [0.25, 0.3) is 11.8 Å². The largest absolute Gasteiger partial charge is 0.458 e. The van der Waals surface area contributed by atoms with Crippen LogP contribution in [0, 0.1) is 23.7 Å². The number of hydrogen-bond acceptors (Lipinski definition) is 18. The van der Waals surface area contributed by atoms with E-state index in [-0.39, 0.29) is 48.4 Å². The number of anilines is 1. The number of fused-ring (bicyclic) bond motifs is 4. The van der Waals surface area contributed by atoms with Gasteiger partial charge in [-0.05, 0) is 75.3 Å². The third-order valence-electron chi connectivity index (χ3n) is 16.8. The van der Waals surface area contributed by atoms with Crippen molar-refractivity contribution in [1.29, 1.82) is 0 Å². The molecule has 0 saturated carbocycles. The lowest BCUT2D eigenvalue weighted by atomic mass is 9.99. The zero-order valence-corrected chi connectivity index (χ0v) is 52.3. The molecule has 1 aromatic carbocycles. The number of nitrogen functional groups attached to an aromatic ring is 1. The first-order valence-electron chi connectivity index (χ1n) is 29.7. The fourth-order valence-electron chi connectivity index (χ4n) is 11.9. The molecule has 0 radical (unpaired) electrons. The molecule has 7 rings (SSSR count). The molecule has 10 atom stereocenters. The molecule has 10 amide bonds. The van der Waals surface area contributed by atoms with Crippen LogP contribution in [0.1, 0.15) is 116 Å². The third-order valence-corrected chi connectivity index (χ3v) is 16.8. The summed E-state index contributed by atoms with van der Waals surface area (Å²) < 4.78 is 18.0. The second-order valence-electron chi connectivity index (χ2n) is 24.7. The molecule has 4 fully saturated rings. The quantitative estimate of drug-likeness (QED) is 0.113. The highest BCUT2D eigenvalue weighted by Gasteiger charge is 2.46. The van der Waals surface area contributed by atoms with Crippen molar-refractivity contribution in [1.82, 2.24) is 55.7 Å². The fraction of sp³-hybridized carbons (Fsp3) is 0.600. The first-order chi connectivity index (χ1) is 41.3. The Bertz CT molecular complexity index is 3310. The van der Waals surface area contributed by atoms with Crippen LogP contribution in [0.25, 0.3) is 22.6 Å². The van der Waals surface area contributed by atoms with Gasteiger partial charge in [-0.2, -0.15) is 0 Å². The van der Waals surface area contributed by atoms with Gasteiger partial charge in [0.15, 0.2) is 11.3 Å². The van der Waals surface area contributed by atoms with Crippen molar-refractivity contribution in [2.75, 3.05) is 60.1 Å². The minimum atomic E-state index is -1.88. The summed E-state index contributed by atoms with van der Waals surface area (Å²) >= 11 is 0. The van der Waals surface area contributed by atoms with E-state index >= 15 is 4.79 Å². The molecular formula is C60H82N12O16. The zero-order valence-electron chi connectivity index (χ0n) is 52.3. The molecule has 4 saturated heterocycles. The van der Waals surface area contributed by atoms with E-state index in [1.165, 1.54) is 79.8 Å². The SMILES string of the molecule is CC(C)C1NC(=O)[C@@H](NC(=O)c2cccc3oc4cc(=O)c(N)c(C(=O)N[C@H]5C(=O)NC(C(C)C)C(=O)N6CCCC6C(=O)N(C)CC(=O)N(C)C(C(C)C)C(=O)O[C@@H]5C)c-4nc23)[C@H](C)OC(=O)C(C(C)C)N(C)C(=O)CN(C)C(=O)C2CCCN2C1=O. The predicted molar refractivity (Wildman–Crippen MR) is 316 cm³/mol. The fourth-order valence-corrected chi connectivity index (χ4v) is 11.9. The number of rotatable bonds is 8. The van der Waals surface area contributed by atoms with Crippen molar-refractivity contribution >= 4 is 87.8 Å². The maximum Gasteiger partial charge on any atom is 0.329 e. The lowest BCUT2D eigenvalue weighted by Gasteiger charge is -2.36. The predicted octanol–water partition coefficient (Wildman–Crippen LogP) is 0.109. The van der Waals surface area contributed by atoms with Crippen LogP contribution < -0.4 is 32.4 Å². The number of esters is 2. The molecule has 1 aromatic rings. The molecule has 1 aliphatic carbocycles. The molecule has 88 heavy (non-hydrogen) atoms. The van der Waals surface area contributed by atoms with Crippen molar-refractivity contribution in [3.05, 3.63) is 45.6 Å². The molecule has 478 valence electrons. The average molecular weight is 1230 g/mol. The van der Waals surface area contributed by atoms with Crippen LogP contribution in [-0.2, 0) is 57.4 Å². The second kappa shape index (κ2) is 27.1. The molecule has 28 nitrogen and oxygen atoms in total. The van der Waals surface area contributed by atoms with Gasteiger partial charge < -0.3 is 70.3 Å². The maximum atomic E-state index is 15.0. The molecule has 5 aliphatic heterocycles. The topological polar surface area (TPSA) is 360 Å². The molecule has 0 spiro atoms. The van der Waals surface area contributed by atoms with Crippen LogP contribution in [0.4, 0.5) is 5.69 Å². The summed E-state index contributed by atoms with van der Waals surface area (Å²) in [5.41, 5.74) is 3.01. The number of nitrogens with one attached hydrogen (secondary N) is 4. The van der Waals surface area contributed by atoms with Gasteiger partial charge in [-0.15, -0.1) is 0 Å². The molecule has 6 N–H and O–H groups in total. The number of hydrogen-bond donors (Lipinski definition) is 5. The summed E-state index contributed by atoms with van der Waals surface area (Å²) in [6.07, 6.45) is -1.64. The van der Waals surface area contributed by atoms with Crippen LogP contribution in [-0.4, -0.2) is 220 Å². The number of cyclic esters (lactones) is 2. The highest BCUT2D eigenvalue weighted by atomic mass is 16.6. The second-order valence-corrected chi connectivity index (χ2v) is 24.7. The average Bonchev–Trinajstić information content (AvgIpc) is 1.00. The summed E-state index contributed by atoms with van der Waals surface area (Å²) in [7, 11) is 5.57.